The summed E-state index contributed by atoms with van der Waals surface area (Å²) < 4.78 is 0. The topological polar surface area (TPSA) is 49.8 Å². The van der Waals surface area contributed by atoms with Crippen LogP contribution in [-0.4, -0.2) is 16.5 Å². The van der Waals surface area contributed by atoms with Crippen molar-refractivity contribution in [3.63, 3.8) is 0 Å². The first kappa shape index (κ1) is 18.1. The molecule has 0 aliphatic rings. The van der Waals surface area contributed by atoms with E-state index in [9.17, 15) is 0 Å². The molecule has 0 unspecified atom stereocenters. The van der Waals surface area contributed by atoms with Gasteiger partial charge < -0.3 is 10.6 Å². The summed E-state index contributed by atoms with van der Waals surface area (Å²) in [7, 11) is 0. The molecule has 28 heavy (non-hydrogen) atoms. The molecule has 0 fully saturated rings. The minimum Gasteiger partial charge on any atom is -0.338 e. The Morgan fingerprint density at radius 1 is 0.929 bits per heavy atom. The van der Waals surface area contributed by atoms with Crippen LogP contribution in [-0.2, 0) is 6.54 Å². The molecule has 2 heterocycles. The highest BCUT2D eigenvalue weighted by atomic mass is 15.0. The summed E-state index contributed by atoms with van der Waals surface area (Å²) in [6.07, 6.45) is 3.75. The van der Waals surface area contributed by atoms with Crippen LogP contribution in [0.3, 0.4) is 0 Å². The third kappa shape index (κ3) is 3.73. The molecule has 0 amide bonds. The van der Waals surface area contributed by atoms with Crippen molar-refractivity contribution in [2.45, 2.75) is 20.4 Å². The van der Waals surface area contributed by atoms with Gasteiger partial charge in [-0.1, -0.05) is 49.4 Å². The lowest BCUT2D eigenvalue weighted by Crippen LogP contribution is -2.11. The van der Waals surface area contributed by atoms with Gasteiger partial charge in [-0.3, -0.25) is 4.98 Å². The number of benzene rings is 2. The number of pyridine rings is 2. The number of fused-ring (bicyclic) bond motifs is 1. The second-order valence-electron chi connectivity index (χ2n) is 6.82. The standard InChI is InChI=1S/C24H24N4/c1-3-25-15-18-14-20-12-13-26-24(23(20)27-16-18)28-22-11-7-10-21(17(22)2)19-8-5-4-6-9-19/h4-14,16,25H,3,15H2,1-2H3,(H,26,28). The van der Waals surface area contributed by atoms with Gasteiger partial charge in [0.2, 0.25) is 0 Å². The van der Waals surface area contributed by atoms with E-state index >= 15 is 0 Å². The van der Waals surface area contributed by atoms with Crippen LogP contribution in [0.4, 0.5) is 11.5 Å². The minimum atomic E-state index is 0.779. The zero-order valence-corrected chi connectivity index (χ0v) is 16.2. The molecule has 0 bridgehead atoms. The Morgan fingerprint density at radius 3 is 2.61 bits per heavy atom. The molecule has 140 valence electrons. The van der Waals surface area contributed by atoms with Crippen LogP contribution < -0.4 is 10.6 Å². The second kappa shape index (κ2) is 8.19. The molecule has 4 rings (SSSR count). The molecule has 0 saturated carbocycles. The summed E-state index contributed by atoms with van der Waals surface area (Å²) in [5, 5.41) is 7.93. The van der Waals surface area contributed by atoms with Crippen molar-refractivity contribution in [3.05, 3.63) is 84.2 Å². The molecular weight excluding hydrogens is 344 g/mol. The third-order valence-electron chi connectivity index (χ3n) is 4.91. The molecule has 2 aromatic carbocycles. The highest BCUT2D eigenvalue weighted by Crippen LogP contribution is 2.31. The molecule has 4 aromatic rings. The molecule has 0 spiro atoms. The summed E-state index contributed by atoms with van der Waals surface area (Å²) in [6.45, 7) is 6.00. The van der Waals surface area contributed by atoms with E-state index in [1.165, 1.54) is 22.3 Å². The first-order chi connectivity index (χ1) is 13.8. The maximum absolute atomic E-state index is 4.68. The van der Waals surface area contributed by atoms with Gasteiger partial charge in [0.1, 0.15) is 5.52 Å². The summed E-state index contributed by atoms with van der Waals surface area (Å²) >= 11 is 0. The molecule has 2 aromatic heterocycles. The summed E-state index contributed by atoms with van der Waals surface area (Å²) in [6, 6.07) is 20.9. The minimum absolute atomic E-state index is 0.779. The van der Waals surface area contributed by atoms with Gasteiger partial charge in [0.25, 0.3) is 0 Å². The number of nitrogens with one attached hydrogen (secondary N) is 2. The Kier molecular flexibility index (Phi) is 5.31. The van der Waals surface area contributed by atoms with E-state index in [4.69, 9.17) is 0 Å². The van der Waals surface area contributed by atoms with Crippen molar-refractivity contribution in [1.29, 1.82) is 0 Å². The maximum atomic E-state index is 4.68. The van der Waals surface area contributed by atoms with Gasteiger partial charge in [-0.05, 0) is 53.9 Å². The van der Waals surface area contributed by atoms with Gasteiger partial charge in [0, 0.05) is 30.0 Å². The Labute approximate surface area is 165 Å². The lowest BCUT2D eigenvalue weighted by molar-refractivity contribution is 0.725. The summed E-state index contributed by atoms with van der Waals surface area (Å²) in [5.41, 5.74) is 6.71. The fraction of sp³-hybridized carbons (Fsp3) is 0.167. The fourth-order valence-corrected chi connectivity index (χ4v) is 3.39. The molecular formula is C24H24N4. The second-order valence-corrected chi connectivity index (χ2v) is 6.82. The summed E-state index contributed by atoms with van der Waals surface area (Å²) in [4.78, 5) is 9.22. The van der Waals surface area contributed by atoms with Crippen LogP contribution in [0.1, 0.15) is 18.1 Å². The zero-order chi connectivity index (χ0) is 19.3. The first-order valence-corrected chi connectivity index (χ1v) is 9.62. The Hall–Kier alpha value is -3.24. The first-order valence-electron chi connectivity index (χ1n) is 9.62. The quantitative estimate of drug-likeness (QED) is 0.474. The van der Waals surface area contributed by atoms with Gasteiger partial charge in [0.15, 0.2) is 5.82 Å². The van der Waals surface area contributed by atoms with Crippen LogP contribution in [0.15, 0.2) is 73.1 Å². The van der Waals surface area contributed by atoms with Crippen molar-refractivity contribution >= 4 is 22.4 Å². The van der Waals surface area contributed by atoms with Crippen molar-refractivity contribution in [2.75, 3.05) is 11.9 Å². The number of hydrogen-bond acceptors (Lipinski definition) is 4. The number of nitrogens with zero attached hydrogens (tertiary/aromatic N) is 2. The van der Waals surface area contributed by atoms with Crippen LogP contribution in [0, 0.1) is 6.92 Å². The molecule has 0 saturated heterocycles. The van der Waals surface area contributed by atoms with E-state index in [0.717, 1.165) is 35.5 Å². The van der Waals surface area contributed by atoms with E-state index in [2.05, 4.69) is 83.0 Å². The monoisotopic (exact) mass is 368 g/mol. The van der Waals surface area contributed by atoms with Gasteiger partial charge in [-0.15, -0.1) is 0 Å². The van der Waals surface area contributed by atoms with Gasteiger partial charge in [0.05, 0.1) is 0 Å². The van der Waals surface area contributed by atoms with Gasteiger partial charge in [-0.25, -0.2) is 4.98 Å². The summed E-state index contributed by atoms with van der Waals surface area (Å²) in [5.74, 6) is 0.779. The average molecular weight is 368 g/mol. The Morgan fingerprint density at radius 2 is 1.79 bits per heavy atom. The normalized spacial score (nSPS) is 10.9. The van der Waals surface area contributed by atoms with Crippen LogP contribution in [0.2, 0.25) is 0 Å². The van der Waals surface area contributed by atoms with E-state index < -0.39 is 0 Å². The van der Waals surface area contributed by atoms with E-state index in [1.807, 2.05) is 24.5 Å². The number of hydrogen-bond donors (Lipinski definition) is 2. The maximum Gasteiger partial charge on any atom is 0.156 e. The Balaban J connectivity index is 1.69. The predicted molar refractivity (Wildman–Crippen MR) is 117 cm³/mol. The fourth-order valence-electron chi connectivity index (χ4n) is 3.39. The molecule has 4 heteroatoms. The van der Waals surface area contributed by atoms with Crippen LogP contribution >= 0.6 is 0 Å². The Bertz CT molecular complexity index is 1090. The van der Waals surface area contributed by atoms with Crippen molar-refractivity contribution < 1.29 is 0 Å². The number of anilines is 2. The highest BCUT2D eigenvalue weighted by Gasteiger charge is 2.10. The lowest BCUT2D eigenvalue weighted by atomic mass is 9.99. The number of rotatable bonds is 6. The van der Waals surface area contributed by atoms with Gasteiger partial charge >= 0.3 is 0 Å². The largest absolute Gasteiger partial charge is 0.338 e. The lowest BCUT2D eigenvalue weighted by Gasteiger charge is -2.14. The predicted octanol–water partition coefficient (Wildman–Crippen LogP) is 5.46. The molecule has 0 radical (unpaired) electrons. The van der Waals surface area contributed by atoms with E-state index in [1.54, 1.807) is 0 Å². The smallest absolute Gasteiger partial charge is 0.156 e. The third-order valence-corrected chi connectivity index (χ3v) is 4.91. The van der Waals surface area contributed by atoms with Crippen LogP contribution in [0.5, 0.6) is 0 Å². The molecule has 4 nitrogen and oxygen atoms in total. The van der Waals surface area contributed by atoms with E-state index in [-0.39, 0.29) is 0 Å². The van der Waals surface area contributed by atoms with E-state index in [0.29, 0.717) is 0 Å². The molecule has 0 aliphatic heterocycles. The van der Waals surface area contributed by atoms with Gasteiger partial charge in [-0.2, -0.15) is 0 Å². The number of aromatic nitrogens is 2. The average Bonchev–Trinajstić information content (AvgIpc) is 2.74. The van der Waals surface area contributed by atoms with Crippen molar-refractivity contribution in [3.8, 4) is 11.1 Å². The van der Waals surface area contributed by atoms with Crippen LogP contribution in [0.25, 0.3) is 22.0 Å². The SMILES string of the molecule is CCNCc1cnc2c(Nc3cccc(-c4ccccc4)c3C)nccc2c1. The van der Waals surface area contributed by atoms with Crippen molar-refractivity contribution in [1.82, 2.24) is 15.3 Å². The highest BCUT2D eigenvalue weighted by molar-refractivity contribution is 5.90. The van der Waals surface area contributed by atoms with Crippen molar-refractivity contribution in [2.24, 2.45) is 0 Å². The molecule has 0 aliphatic carbocycles. The molecule has 2 N–H and O–H groups in total. The molecule has 0 atom stereocenters. The zero-order valence-electron chi connectivity index (χ0n) is 16.2.